The molecule has 2 atom stereocenters. The maximum Gasteiger partial charge on any atom is 0.328 e. The monoisotopic (exact) mass is 472 g/mol. The van der Waals surface area contributed by atoms with Crippen molar-refractivity contribution < 1.29 is 14.3 Å². The first kappa shape index (κ1) is 22.2. The van der Waals surface area contributed by atoms with Gasteiger partial charge in [0, 0.05) is 35.6 Å². The maximum atomic E-state index is 13.8. The Labute approximate surface area is 205 Å². The second-order valence-corrected chi connectivity index (χ2v) is 10.1. The molecule has 35 heavy (non-hydrogen) atoms. The van der Waals surface area contributed by atoms with Gasteiger partial charge in [0.15, 0.2) is 0 Å². The number of imide groups is 1. The Bertz CT molecular complexity index is 1280. The number of hydrogen-bond donors (Lipinski definition) is 2. The Kier molecular flexibility index (Phi) is 5.33. The number of benzene rings is 2. The molecule has 3 heterocycles. The van der Waals surface area contributed by atoms with Crippen LogP contribution >= 0.6 is 0 Å². The molecule has 2 aromatic carbocycles. The van der Waals surface area contributed by atoms with Gasteiger partial charge in [0.2, 0.25) is 0 Å². The number of nitrogens with zero attached hydrogens (tertiary/aromatic N) is 2. The van der Waals surface area contributed by atoms with Crippen LogP contribution < -0.4 is 10.1 Å². The molecule has 1 aromatic heterocycles. The van der Waals surface area contributed by atoms with Crippen molar-refractivity contribution in [3.8, 4) is 5.75 Å². The van der Waals surface area contributed by atoms with Gasteiger partial charge in [0.25, 0.3) is 5.91 Å². The number of ether oxygens (including phenoxy) is 1. The van der Waals surface area contributed by atoms with Gasteiger partial charge in [-0.3, -0.25) is 14.6 Å². The Balaban J connectivity index is 1.42. The summed E-state index contributed by atoms with van der Waals surface area (Å²) in [6.07, 6.45) is 3.69. The molecule has 2 N–H and O–H groups in total. The highest BCUT2D eigenvalue weighted by Crippen LogP contribution is 2.49. The van der Waals surface area contributed by atoms with Crippen LogP contribution in [-0.2, 0) is 11.2 Å². The predicted octanol–water partition coefficient (Wildman–Crippen LogP) is 4.38. The van der Waals surface area contributed by atoms with Gasteiger partial charge in [-0.05, 0) is 69.0 Å². The van der Waals surface area contributed by atoms with Gasteiger partial charge in [-0.1, -0.05) is 30.3 Å². The fourth-order valence-electron chi connectivity index (χ4n) is 5.76. The first-order valence-electron chi connectivity index (χ1n) is 12.7. The molecule has 182 valence electrons. The minimum Gasteiger partial charge on any atom is -0.494 e. The van der Waals surface area contributed by atoms with Crippen LogP contribution in [0.1, 0.15) is 56.0 Å². The van der Waals surface area contributed by atoms with Crippen LogP contribution in [0.4, 0.5) is 4.79 Å². The number of aromatic nitrogens is 1. The second-order valence-electron chi connectivity index (χ2n) is 10.1. The smallest absolute Gasteiger partial charge is 0.328 e. The molecule has 6 rings (SSSR count). The minimum absolute atomic E-state index is 0.101. The van der Waals surface area contributed by atoms with E-state index in [0.29, 0.717) is 25.6 Å². The Morgan fingerprint density at radius 1 is 1.14 bits per heavy atom. The Hall–Kier alpha value is -3.32. The first-order valence-corrected chi connectivity index (χ1v) is 12.7. The average Bonchev–Trinajstić information content (AvgIpc) is 3.60. The summed E-state index contributed by atoms with van der Waals surface area (Å²) in [5.41, 5.74) is 3.12. The highest BCUT2D eigenvalue weighted by molar-refractivity contribution is 6.08. The third kappa shape index (κ3) is 3.60. The molecule has 0 radical (unpaired) electrons. The fraction of sp³-hybridized carbons (Fsp3) is 0.429. The van der Waals surface area contributed by atoms with Crippen LogP contribution in [0.15, 0.2) is 48.5 Å². The van der Waals surface area contributed by atoms with Gasteiger partial charge >= 0.3 is 6.03 Å². The van der Waals surface area contributed by atoms with Gasteiger partial charge in [0.05, 0.1) is 6.61 Å². The number of rotatable bonds is 8. The third-order valence-corrected chi connectivity index (χ3v) is 7.63. The lowest BCUT2D eigenvalue weighted by Gasteiger charge is -2.42. The molecule has 2 aliphatic heterocycles. The van der Waals surface area contributed by atoms with Gasteiger partial charge in [-0.15, -0.1) is 0 Å². The van der Waals surface area contributed by atoms with Crippen molar-refractivity contribution in [1.29, 1.82) is 0 Å². The zero-order valence-corrected chi connectivity index (χ0v) is 20.3. The Morgan fingerprint density at radius 3 is 2.69 bits per heavy atom. The van der Waals surface area contributed by atoms with E-state index in [2.05, 4.69) is 16.4 Å². The molecule has 3 aromatic rings. The van der Waals surface area contributed by atoms with E-state index in [1.165, 1.54) is 17.7 Å². The predicted molar refractivity (Wildman–Crippen MR) is 134 cm³/mol. The minimum atomic E-state index is -0.939. The van der Waals surface area contributed by atoms with Gasteiger partial charge in [0.1, 0.15) is 17.3 Å². The summed E-state index contributed by atoms with van der Waals surface area (Å²) in [4.78, 5) is 34.5. The molecule has 2 fully saturated rings. The van der Waals surface area contributed by atoms with E-state index in [1.54, 1.807) is 0 Å². The lowest BCUT2D eigenvalue weighted by atomic mass is 9.81. The number of hydrogen-bond acceptors (Lipinski definition) is 4. The van der Waals surface area contributed by atoms with E-state index in [0.717, 1.165) is 46.4 Å². The van der Waals surface area contributed by atoms with Crippen LogP contribution in [0, 0.1) is 0 Å². The number of nitrogens with one attached hydrogen (secondary N) is 2. The summed E-state index contributed by atoms with van der Waals surface area (Å²) in [6, 6.07) is 16.1. The molecule has 1 saturated heterocycles. The van der Waals surface area contributed by atoms with Crippen molar-refractivity contribution in [1.82, 2.24) is 20.1 Å². The van der Waals surface area contributed by atoms with Crippen LogP contribution in [0.5, 0.6) is 5.75 Å². The molecule has 3 aliphatic rings. The van der Waals surface area contributed by atoms with E-state index in [-0.39, 0.29) is 18.0 Å². The molecule has 0 spiro atoms. The molecule has 1 aliphatic carbocycles. The summed E-state index contributed by atoms with van der Waals surface area (Å²) in [7, 11) is 0. The van der Waals surface area contributed by atoms with Crippen molar-refractivity contribution in [3.63, 3.8) is 0 Å². The molecule has 7 nitrogen and oxygen atoms in total. The van der Waals surface area contributed by atoms with Crippen molar-refractivity contribution in [2.75, 3.05) is 19.7 Å². The summed E-state index contributed by atoms with van der Waals surface area (Å²) in [6.45, 7) is 5.75. The maximum absolute atomic E-state index is 13.8. The summed E-state index contributed by atoms with van der Waals surface area (Å²) in [5.74, 6) is 0.708. The van der Waals surface area contributed by atoms with Crippen LogP contribution in [0.3, 0.4) is 0 Å². The SMILES string of the molecule is CCOc1ccc2[nH]c3c(c2c1)C[C@@]1(C)C(=O)N(CCCNC2CC2)C(=O)N1[C@@H]3c1ccccc1. The topological polar surface area (TPSA) is 77.7 Å². The zero-order chi connectivity index (χ0) is 24.2. The lowest BCUT2D eigenvalue weighted by molar-refractivity contribution is -0.133. The number of aromatic amines is 1. The van der Waals surface area contributed by atoms with Crippen molar-refractivity contribution in [2.24, 2.45) is 0 Å². The number of carbonyl (C=O) groups excluding carboxylic acids is 2. The number of fused-ring (bicyclic) bond motifs is 4. The van der Waals surface area contributed by atoms with E-state index in [9.17, 15) is 9.59 Å². The number of H-pyrrole nitrogens is 1. The first-order chi connectivity index (χ1) is 17.0. The van der Waals surface area contributed by atoms with E-state index < -0.39 is 5.54 Å². The van der Waals surface area contributed by atoms with E-state index in [4.69, 9.17) is 4.74 Å². The van der Waals surface area contributed by atoms with E-state index in [1.807, 2.05) is 61.2 Å². The van der Waals surface area contributed by atoms with Crippen LogP contribution in [0.2, 0.25) is 0 Å². The quantitative estimate of drug-likeness (QED) is 0.377. The van der Waals surface area contributed by atoms with Gasteiger partial charge < -0.3 is 15.0 Å². The number of carbonyl (C=O) groups is 2. The van der Waals surface area contributed by atoms with Crippen molar-refractivity contribution in [2.45, 2.75) is 57.2 Å². The Morgan fingerprint density at radius 2 is 1.94 bits per heavy atom. The van der Waals surface area contributed by atoms with Crippen LogP contribution in [-0.4, -0.2) is 58.0 Å². The molecular weight excluding hydrogens is 440 g/mol. The molecule has 1 saturated carbocycles. The normalized spacial score (nSPS) is 23.7. The van der Waals surface area contributed by atoms with E-state index >= 15 is 0 Å². The van der Waals surface area contributed by atoms with Gasteiger partial charge in [-0.25, -0.2) is 4.79 Å². The standard InChI is InChI=1S/C28H32N4O3/c1-3-35-20-12-13-23-21(16-20)22-17-28(2)26(33)31(15-7-14-29-19-10-11-19)27(34)32(28)25(24(22)30-23)18-8-5-4-6-9-18/h4-6,8-9,12-13,16,19,25,29-30H,3,7,10-11,14-15,17H2,1-2H3/t25-,28+/m1/s1. The summed E-state index contributed by atoms with van der Waals surface area (Å²) in [5, 5.41) is 4.54. The number of amides is 3. The third-order valence-electron chi connectivity index (χ3n) is 7.63. The molecule has 3 amide bonds. The van der Waals surface area contributed by atoms with Crippen LogP contribution in [0.25, 0.3) is 10.9 Å². The largest absolute Gasteiger partial charge is 0.494 e. The van der Waals surface area contributed by atoms with Crippen molar-refractivity contribution >= 4 is 22.8 Å². The fourth-order valence-corrected chi connectivity index (χ4v) is 5.76. The summed E-state index contributed by atoms with van der Waals surface area (Å²) < 4.78 is 5.77. The molecule has 0 bridgehead atoms. The van der Waals surface area contributed by atoms with Crippen molar-refractivity contribution in [3.05, 3.63) is 65.4 Å². The second kappa shape index (κ2) is 8.41. The molecule has 0 unspecified atom stereocenters. The lowest BCUT2D eigenvalue weighted by Crippen LogP contribution is -2.53. The molecular formula is C28H32N4O3. The van der Waals surface area contributed by atoms with Gasteiger partial charge in [-0.2, -0.15) is 0 Å². The molecule has 7 heteroatoms. The zero-order valence-electron chi connectivity index (χ0n) is 20.3. The number of urea groups is 1. The highest BCUT2D eigenvalue weighted by atomic mass is 16.5. The summed E-state index contributed by atoms with van der Waals surface area (Å²) >= 11 is 0. The average molecular weight is 473 g/mol. The highest BCUT2D eigenvalue weighted by Gasteiger charge is 2.59.